The summed E-state index contributed by atoms with van der Waals surface area (Å²) in [6.07, 6.45) is 5.21. The fourth-order valence-corrected chi connectivity index (χ4v) is 2.22. The maximum atomic E-state index is 11.5. The quantitative estimate of drug-likeness (QED) is 0.768. The monoisotopic (exact) mass is 227 g/mol. The minimum atomic E-state index is 0.208. The fraction of sp³-hybridized carbons (Fsp3) is 0.917. The smallest absolute Gasteiger partial charge is 0.223 e. The van der Waals surface area contributed by atoms with Crippen molar-refractivity contribution in [3.05, 3.63) is 0 Å². The summed E-state index contributed by atoms with van der Waals surface area (Å²) < 4.78 is 0. The number of nitrogens with zero attached hydrogens (tertiary/aromatic N) is 2. The summed E-state index contributed by atoms with van der Waals surface area (Å²) in [5.74, 6) is 0.208. The van der Waals surface area contributed by atoms with Gasteiger partial charge in [0.25, 0.3) is 0 Å². The van der Waals surface area contributed by atoms with Gasteiger partial charge in [-0.05, 0) is 32.7 Å². The van der Waals surface area contributed by atoms with Crippen LogP contribution in [-0.2, 0) is 4.79 Å². The Kier molecular flexibility index (Phi) is 5.22. The Hall–Kier alpha value is -0.610. The Labute approximate surface area is 98.8 Å². The fourth-order valence-electron chi connectivity index (χ4n) is 2.22. The van der Waals surface area contributed by atoms with E-state index in [1.165, 1.54) is 12.8 Å². The predicted octanol–water partition coefficient (Wildman–Crippen LogP) is 0.666. The molecule has 94 valence electrons. The van der Waals surface area contributed by atoms with Gasteiger partial charge in [0.1, 0.15) is 0 Å². The summed E-state index contributed by atoms with van der Waals surface area (Å²) in [6.45, 7) is 0.858. The van der Waals surface area contributed by atoms with Gasteiger partial charge in [-0.2, -0.15) is 0 Å². The number of carbonyl (C=O) groups excluding carboxylic acids is 1. The molecule has 0 saturated heterocycles. The molecule has 0 aliphatic heterocycles. The SMILES string of the molecule is CN(C)C(=O)CCN(C)C1CCC(N)CC1. The highest BCUT2D eigenvalue weighted by molar-refractivity contribution is 5.75. The Bertz CT molecular complexity index is 222. The molecular weight excluding hydrogens is 202 g/mol. The van der Waals surface area contributed by atoms with Crippen LogP contribution in [0, 0.1) is 0 Å². The standard InChI is InChI=1S/C12H25N3O/c1-14(2)12(16)8-9-15(3)11-6-4-10(13)5-7-11/h10-11H,4-9,13H2,1-3H3. The maximum absolute atomic E-state index is 11.5. The number of amides is 1. The average molecular weight is 227 g/mol. The molecule has 1 fully saturated rings. The predicted molar refractivity (Wildman–Crippen MR) is 66.2 cm³/mol. The molecule has 1 aliphatic rings. The lowest BCUT2D eigenvalue weighted by Gasteiger charge is -2.33. The zero-order valence-corrected chi connectivity index (χ0v) is 10.8. The molecule has 1 rings (SSSR count). The first-order valence-electron chi connectivity index (χ1n) is 6.16. The first kappa shape index (κ1) is 13.5. The van der Waals surface area contributed by atoms with Gasteiger partial charge in [-0.15, -0.1) is 0 Å². The third-order valence-electron chi connectivity index (χ3n) is 3.54. The van der Waals surface area contributed by atoms with E-state index in [1.807, 2.05) is 14.1 Å². The van der Waals surface area contributed by atoms with E-state index >= 15 is 0 Å². The lowest BCUT2D eigenvalue weighted by atomic mass is 9.91. The molecule has 2 N–H and O–H groups in total. The van der Waals surface area contributed by atoms with Gasteiger partial charge in [0.2, 0.25) is 5.91 Å². The minimum Gasteiger partial charge on any atom is -0.349 e. The molecule has 0 aromatic rings. The molecule has 1 saturated carbocycles. The molecule has 1 aliphatic carbocycles. The Balaban J connectivity index is 2.24. The third kappa shape index (κ3) is 4.10. The summed E-state index contributed by atoms with van der Waals surface area (Å²) >= 11 is 0. The lowest BCUT2D eigenvalue weighted by molar-refractivity contribution is -0.129. The zero-order valence-electron chi connectivity index (χ0n) is 10.8. The van der Waals surface area contributed by atoms with Crippen LogP contribution in [0.2, 0.25) is 0 Å². The van der Waals surface area contributed by atoms with E-state index in [0.29, 0.717) is 18.5 Å². The van der Waals surface area contributed by atoms with Crippen LogP contribution in [-0.4, -0.2) is 55.5 Å². The Morgan fingerprint density at radius 3 is 2.25 bits per heavy atom. The molecule has 0 aromatic carbocycles. The molecule has 4 heteroatoms. The summed E-state index contributed by atoms with van der Waals surface area (Å²) in [5.41, 5.74) is 5.88. The minimum absolute atomic E-state index is 0.208. The highest BCUT2D eigenvalue weighted by atomic mass is 16.2. The molecule has 0 bridgehead atoms. The van der Waals surface area contributed by atoms with E-state index < -0.39 is 0 Å². The molecule has 0 spiro atoms. The zero-order chi connectivity index (χ0) is 12.1. The molecular formula is C12H25N3O. The molecule has 0 heterocycles. The first-order chi connectivity index (χ1) is 7.50. The topological polar surface area (TPSA) is 49.6 Å². The second-order valence-electron chi connectivity index (χ2n) is 5.09. The number of hydrogen-bond acceptors (Lipinski definition) is 3. The van der Waals surface area contributed by atoms with Crippen LogP contribution in [0.4, 0.5) is 0 Å². The van der Waals surface area contributed by atoms with Crippen molar-refractivity contribution < 1.29 is 4.79 Å². The average Bonchev–Trinajstić information content (AvgIpc) is 2.26. The highest BCUT2D eigenvalue weighted by Gasteiger charge is 2.22. The lowest BCUT2D eigenvalue weighted by Crippen LogP contribution is -2.40. The first-order valence-corrected chi connectivity index (χ1v) is 6.16. The summed E-state index contributed by atoms with van der Waals surface area (Å²) in [7, 11) is 5.73. The van der Waals surface area contributed by atoms with Crippen LogP contribution in [0.25, 0.3) is 0 Å². The Morgan fingerprint density at radius 1 is 1.19 bits per heavy atom. The summed E-state index contributed by atoms with van der Waals surface area (Å²) in [5, 5.41) is 0. The van der Waals surface area contributed by atoms with Crippen molar-refractivity contribution >= 4 is 5.91 Å². The van der Waals surface area contributed by atoms with Crippen molar-refractivity contribution in [1.29, 1.82) is 0 Å². The van der Waals surface area contributed by atoms with E-state index in [0.717, 1.165) is 19.4 Å². The van der Waals surface area contributed by atoms with Gasteiger partial charge in [0.15, 0.2) is 0 Å². The van der Waals surface area contributed by atoms with Crippen LogP contribution < -0.4 is 5.73 Å². The third-order valence-corrected chi connectivity index (χ3v) is 3.54. The largest absolute Gasteiger partial charge is 0.349 e. The van der Waals surface area contributed by atoms with Crippen LogP contribution in [0.3, 0.4) is 0 Å². The van der Waals surface area contributed by atoms with E-state index in [1.54, 1.807) is 4.90 Å². The van der Waals surface area contributed by atoms with Gasteiger partial charge in [-0.1, -0.05) is 0 Å². The van der Waals surface area contributed by atoms with Crippen molar-refractivity contribution in [1.82, 2.24) is 9.80 Å². The van der Waals surface area contributed by atoms with Crippen molar-refractivity contribution in [2.24, 2.45) is 5.73 Å². The number of hydrogen-bond donors (Lipinski definition) is 1. The van der Waals surface area contributed by atoms with Gasteiger partial charge in [-0.3, -0.25) is 4.79 Å². The van der Waals surface area contributed by atoms with E-state index in [4.69, 9.17) is 5.73 Å². The molecule has 16 heavy (non-hydrogen) atoms. The molecule has 0 unspecified atom stereocenters. The molecule has 0 radical (unpaired) electrons. The van der Waals surface area contributed by atoms with Gasteiger partial charge < -0.3 is 15.5 Å². The number of nitrogens with two attached hydrogens (primary N) is 1. The van der Waals surface area contributed by atoms with Gasteiger partial charge in [-0.25, -0.2) is 0 Å². The normalized spacial score (nSPS) is 25.8. The molecule has 1 amide bonds. The second kappa shape index (κ2) is 6.21. The Morgan fingerprint density at radius 2 is 1.75 bits per heavy atom. The maximum Gasteiger partial charge on any atom is 0.223 e. The van der Waals surface area contributed by atoms with Crippen LogP contribution in [0.5, 0.6) is 0 Å². The highest BCUT2D eigenvalue weighted by Crippen LogP contribution is 2.21. The summed E-state index contributed by atoms with van der Waals surface area (Å²) in [6, 6.07) is 1.02. The van der Waals surface area contributed by atoms with Crippen molar-refractivity contribution in [3.8, 4) is 0 Å². The van der Waals surface area contributed by atoms with Crippen LogP contribution in [0.1, 0.15) is 32.1 Å². The number of rotatable bonds is 4. The van der Waals surface area contributed by atoms with Crippen molar-refractivity contribution in [3.63, 3.8) is 0 Å². The van der Waals surface area contributed by atoms with E-state index in [-0.39, 0.29) is 5.91 Å². The van der Waals surface area contributed by atoms with Crippen molar-refractivity contribution in [2.75, 3.05) is 27.7 Å². The second-order valence-corrected chi connectivity index (χ2v) is 5.09. The molecule has 0 atom stereocenters. The summed E-state index contributed by atoms with van der Waals surface area (Å²) in [4.78, 5) is 15.4. The number of carbonyl (C=O) groups is 1. The van der Waals surface area contributed by atoms with Gasteiger partial charge >= 0.3 is 0 Å². The molecule has 0 aromatic heterocycles. The van der Waals surface area contributed by atoms with E-state index in [2.05, 4.69) is 11.9 Å². The van der Waals surface area contributed by atoms with Crippen LogP contribution >= 0.6 is 0 Å². The van der Waals surface area contributed by atoms with Gasteiger partial charge in [0, 0.05) is 39.1 Å². The molecule has 4 nitrogen and oxygen atoms in total. The van der Waals surface area contributed by atoms with Gasteiger partial charge in [0.05, 0.1) is 0 Å². The van der Waals surface area contributed by atoms with E-state index in [9.17, 15) is 4.79 Å². The van der Waals surface area contributed by atoms with Crippen molar-refractivity contribution in [2.45, 2.75) is 44.2 Å². The van der Waals surface area contributed by atoms with Crippen LogP contribution in [0.15, 0.2) is 0 Å².